The van der Waals surface area contributed by atoms with E-state index in [1.165, 1.54) is 6.92 Å². The molecule has 0 amide bonds. The Bertz CT molecular complexity index is 467. The lowest BCUT2D eigenvalue weighted by atomic mass is 9.99. The summed E-state index contributed by atoms with van der Waals surface area (Å²) in [5, 5.41) is 17.3. The summed E-state index contributed by atoms with van der Waals surface area (Å²) in [5.74, 6) is -1.26. The molecule has 1 aromatic rings. The molecule has 0 atom stereocenters. The first-order valence-electron chi connectivity index (χ1n) is 4.35. The van der Waals surface area contributed by atoms with Crippen LogP contribution in [0.15, 0.2) is 6.20 Å². The minimum atomic E-state index is -2.84. The minimum Gasteiger partial charge on any atom is -0.481 e. The smallest absolute Gasteiger partial charge is 0.307 e. The first-order valence-corrected chi connectivity index (χ1v) is 4.35. The summed E-state index contributed by atoms with van der Waals surface area (Å²) in [6.07, 6.45) is -2.33. The average Bonchev–Trinajstić information content (AvgIpc) is 2.16. The van der Waals surface area contributed by atoms with Crippen molar-refractivity contribution < 1.29 is 18.7 Å². The summed E-state index contributed by atoms with van der Waals surface area (Å²) in [5.41, 5.74) is -0.687. The molecule has 0 saturated heterocycles. The lowest BCUT2D eigenvalue weighted by Crippen LogP contribution is -2.09. The average molecular weight is 226 g/mol. The summed E-state index contributed by atoms with van der Waals surface area (Å²) >= 11 is 0. The van der Waals surface area contributed by atoms with Gasteiger partial charge in [-0.15, -0.1) is 0 Å². The van der Waals surface area contributed by atoms with Gasteiger partial charge in [0.25, 0.3) is 6.43 Å². The molecule has 0 spiro atoms. The predicted molar refractivity (Wildman–Crippen MR) is 50.0 cm³/mol. The molecule has 0 aromatic carbocycles. The van der Waals surface area contributed by atoms with Gasteiger partial charge in [-0.3, -0.25) is 9.78 Å². The molecule has 16 heavy (non-hydrogen) atoms. The fourth-order valence-electron chi connectivity index (χ4n) is 1.40. The van der Waals surface area contributed by atoms with E-state index in [0.29, 0.717) is 0 Å². The molecular weight excluding hydrogens is 218 g/mol. The SMILES string of the molecule is Cc1ncc(C#N)c(CC(=O)O)c1C(F)F. The third-order valence-corrected chi connectivity index (χ3v) is 2.09. The van der Waals surface area contributed by atoms with Crippen LogP contribution in [0, 0.1) is 18.3 Å². The highest BCUT2D eigenvalue weighted by Gasteiger charge is 2.21. The molecule has 1 aromatic heterocycles. The van der Waals surface area contributed by atoms with Crippen LogP contribution in [0.3, 0.4) is 0 Å². The van der Waals surface area contributed by atoms with Gasteiger partial charge < -0.3 is 5.11 Å². The molecule has 0 saturated carbocycles. The Balaban J connectivity index is 3.43. The molecule has 6 heteroatoms. The molecule has 0 aliphatic rings. The van der Waals surface area contributed by atoms with Gasteiger partial charge in [-0.25, -0.2) is 8.78 Å². The Morgan fingerprint density at radius 1 is 1.69 bits per heavy atom. The number of rotatable bonds is 3. The number of hydrogen-bond donors (Lipinski definition) is 1. The number of aromatic nitrogens is 1. The number of hydrogen-bond acceptors (Lipinski definition) is 3. The molecule has 1 rings (SSSR count). The molecule has 4 nitrogen and oxygen atoms in total. The topological polar surface area (TPSA) is 74.0 Å². The molecule has 1 N–H and O–H groups in total. The van der Waals surface area contributed by atoms with Gasteiger partial charge in [-0.05, 0) is 12.5 Å². The van der Waals surface area contributed by atoms with Crippen LogP contribution >= 0.6 is 0 Å². The zero-order chi connectivity index (χ0) is 12.3. The van der Waals surface area contributed by atoms with Crippen LogP contribution in [0.5, 0.6) is 0 Å². The second-order valence-electron chi connectivity index (χ2n) is 3.13. The van der Waals surface area contributed by atoms with E-state index in [4.69, 9.17) is 10.4 Å². The van der Waals surface area contributed by atoms with Crippen LogP contribution in [0.1, 0.15) is 28.8 Å². The number of alkyl halides is 2. The largest absolute Gasteiger partial charge is 0.481 e. The summed E-state index contributed by atoms with van der Waals surface area (Å²) in [4.78, 5) is 14.2. The van der Waals surface area contributed by atoms with Gasteiger partial charge in [-0.2, -0.15) is 5.26 Å². The Morgan fingerprint density at radius 3 is 2.75 bits per heavy atom. The molecule has 0 unspecified atom stereocenters. The van der Waals surface area contributed by atoms with Crippen molar-refractivity contribution in [3.05, 3.63) is 28.6 Å². The third-order valence-electron chi connectivity index (χ3n) is 2.09. The van der Waals surface area contributed by atoms with Crippen LogP contribution in [-0.2, 0) is 11.2 Å². The standard InChI is InChI=1S/C10H8F2N2O2/c1-5-9(10(11)12)7(2-8(15)16)6(3-13)4-14-5/h4,10H,2H2,1H3,(H,15,16). The highest BCUT2D eigenvalue weighted by molar-refractivity contribution is 5.72. The molecule has 0 aliphatic carbocycles. The molecular formula is C10H8F2N2O2. The normalized spacial score (nSPS) is 10.2. The Kier molecular flexibility index (Phi) is 3.51. The van der Waals surface area contributed by atoms with Gasteiger partial charge in [0.1, 0.15) is 6.07 Å². The van der Waals surface area contributed by atoms with Crippen LogP contribution in [0.25, 0.3) is 0 Å². The van der Waals surface area contributed by atoms with Gasteiger partial charge in [0.05, 0.1) is 12.0 Å². The third kappa shape index (κ3) is 2.31. The fraction of sp³-hybridized carbons (Fsp3) is 0.300. The summed E-state index contributed by atoms with van der Waals surface area (Å²) in [6.45, 7) is 1.36. The number of nitrogens with zero attached hydrogens (tertiary/aromatic N) is 2. The fourth-order valence-corrected chi connectivity index (χ4v) is 1.40. The number of carboxylic acid groups (broad SMARTS) is 1. The van der Waals surface area contributed by atoms with Gasteiger partial charge in [-0.1, -0.05) is 0 Å². The van der Waals surface area contributed by atoms with Crippen LogP contribution in [-0.4, -0.2) is 16.1 Å². The minimum absolute atomic E-state index is 0.0465. The van der Waals surface area contributed by atoms with Crippen molar-refractivity contribution in [3.63, 3.8) is 0 Å². The number of aryl methyl sites for hydroxylation is 1. The van der Waals surface area contributed by atoms with Gasteiger partial charge in [0, 0.05) is 17.5 Å². The molecule has 1 heterocycles. The first kappa shape index (κ1) is 12.0. The summed E-state index contributed by atoms with van der Waals surface area (Å²) in [6, 6.07) is 1.66. The van der Waals surface area contributed by atoms with Crippen LogP contribution in [0.2, 0.25) is 0 Å². The van der Waals surface area contributed by atoms with Crippen molar-refractivity contribution in [3.8, 4) is 6.07 Å². The number of carboxylic acids is 1. The number of pyridine rings is 1. The quantitative estimate of drug-likeness (QED) is 0.853. The van der Waals surface area contributed by atoms with Gasteiger partial charge in [0.15, 0.2) is 0 Å². The molecule has 0 bridgehead atoms. The monoisotopic (exact) mass is 226 g/mol. The molecule has 0 radical (unpaired) electrons. The second kappa shape index (κ2) is 4.66. The zero-order valence-corrected chi connectivity index (χ0v) is 8.37. The lowest BCUT2D eigenvalue weighted by molar-refractivity contribution is -0.136. The van der Waals surface area contributed by atoms with Gasteiger partial charge in [0.2, 0.25) is 0 Å². The summed E-state index contributed by atoms with van der Waals surface area (Å²) in [7, 11) is 0. The first-order chi connectivity index (χ1) is 7.47. The Labute approximate surface area is 90.2 Å². The van der Waals surface area contributed by atoms with E-state index in [1.54, 1.807) is 6.07 Å². The lowest BCUT2D eigenvalue weighted by Gasteiger charge is -2.10. The number of halogens is 2. The van der Waals surface area contributed by atoms with E-state index in [2.05, 4.69) is 4.98 Å². The van der Waals surface area contributed by atoms with Gasteiger partial charge >= 0.3 is 5.97 Å². The maximum Gasteiger partial charge on any atom is 0.307 e. The molecule has 0 aliphatic heterocycles. The zero-order valence-electron chi connectivity index (χ0n) is 8.37. The number of nitriles is 1. The van der Waals surface area contributed by atoms with Crippen molar-refractivity contribution in [2.45, 2.75) is 19.8 Å². The van der Waals surface area contributed by atoms with E-state index < -0.39 is 24.4 Å². The van der Waals surface area contributed by atoms with Crippen LogP contribution < -0.4 is 0 Å². The second-order valence-corrected chi connectivity index (χ2v) is 3.13. The van der Waals surface area contributed by atoms with E-state index in [1.807, 2.05) is 0 Å². The van der Waals surface area contributed by atoms with Crippen molar-refractivity contribution >= 4 is 5.97 Å². The van der Waals surface area contributed by atoms with E-state index in [9.17, 15) is 13.6 Å². The van der Waals surface area contributed by atoms with Crippen molar-refractivity contribution in [2.75, 3.05) is 0 Å². The summed E-state index contributed by atoms with van der Waals surface area (Å²) < 4.78 is 25.4. The van der Waals surface area contributed by atoms with Crippen molar-refractivity contribution in [1.29, 1.82) is 5.26 Å². The highest BCUT2D eigenvalue weighted by Crippen LogP contribution is 2.27. The van der Waals surface area contributed by atoms with E-state index in [-0.39, 0.29) is 16.8 Å². The van der Waals surface area contributed by atoms with Crippen molar-refractivity contribution in [2.24, 2.45) is 0 Å². The van der Waals surface area contributed by atoms with Crippen LogP contribution in [0.4, 0.5) is 8.78 Å². The maximum atomic E-state index is 12.7. The van der Waals surface area contributed by atoms with E-state index in [0.717, 1.165) is 6.20 Å². The molecule has 84 valence electrons. The number of carbonyl (C=O) groups is 1. The Hall–Kier alpha value is -2.03. The molecule has 0 fully saturated rings. The predicted octanol–water partition coefficient (Wildman–Crippen LogP) is 1.83. The van der Waals surface area contributed by atoms with Crippen molar-refractivity contribution in [1.82, 2.24) is 4.98 Å². The Morgan fingerprint density at radius 2 is 2.31 bits per heavy atom. The number of aliphatic carboxylic acids is 1. The maximum absolute atomic E-state index is 12.7. The van der Waals surface area contributed by atoms with E-state index >= 15 is 0 Å². The highest BCUT2D eigenvalue weighted by atomic mass is 19.3.